The average Bonchev–Trinajstić information content (AvgIpc) is 2.87. The molecule has 0 spiro atoms. The monoisotopic (exact) mass is 546 g/mol. The minimum atomic E-state index is -4.30. The Balaban J connectivity index is 1.68. The number of sulfonamides is 2. The van der Waals surface area contributed by atoms with Gasteiger partial charge in [0.05, 0.1) is 27.6 Å². The predicted molar refractivity (Wildman–Crippen MR) is 130 cm³/mol. The lowest BCUT2D eigenvalue weighted by atomic mass is 10.2. The summed E-state index contributed by atoms with van der Waals surface area (Å²) in [5.74, 6) is -0.589. The van der Waals surface area contributed by atoms with Gasteiger partial charge in [-0.05, 0) is 54.6 Å². The summed E-state index contributed by atoms with van der Waals surface area (Å²) in [6.07, 6.45) is -2.38. The van der Waals surface area contributed by atoms with Crippen molar-refractivity contribution in [2.45, 2.75) is 15.9 Å². The van der Waals surface area contributed by atoms with Crippen LogP contribution >= 0.6 is 0 Å². The van der Waals surface area contributed by atoms with Gasteiger partial charge in [-0.3, -0.25) is 9.62 Å². The zero-order chi connectivity index (χ0) is 26.8. The molecule has 1 heterocycles. The molecule has 0 saturated carbocycles. The number of rotatable bonds is 7. The summed E-state index contributed by atoms with van der Waals surface area (Å²) >= 11 is 0. The molecule has 0 radical (unpaired) electrons. The van der Waals surface area contributed by atoms with Gasteiger partial charge in [0.2, 0.25) is 10.0 Å². The summed E-state index contributed by atoms with van der Waals surface area (Å²) in [5, 5.41) is 20.4. The molecule has 3 N–H and O–H groups in total. The van der Waals surface area contributed by atoms with E-state index in [0.29, 0.717) is 0 Å². The number of anilines is 2. The first-order valence-electron chi connectivity index (χ1n) is 10.6. The van der Waals surface area contributed by atoms with Crippen molar-refractivity contribution in [1.82, 2.24) is 4.72 Å². The number of fused-ring (bicyclic) bond motifs is 1. The lowest BCUT2D eigenvalue weighted by Gasteiger charge is -2.35. The maximum atomic E-state index is 13.5. The van der Waals surface area contributed by atoms with Gasteiger partial charge >= 0.3 is 6.09 Å². The predicted octanol–water partition coefficient (Wildman–Crippen LogP) is 2.72. The number of carbonyl (C=O) groups is 1. The molecule has 4 rings (SSSR count). The summed E-state index contributed by atoms with van der Waals surface area (Å²) in [7, 11) is -8.44. The molecule has 0 saturated heterocycles. The number of benzene rings is 3. The molecule has 37 heavy (non-hydrogen) atoms. The van der Waals surface area contributed by atoms with E-state index in [1.165, 1.54) is 42.5 Å². The van der Waals surface area contributed by atoms with Crippen LogP contribution in [0.4, 0.5) is 20.6 Å². The number of nitriles is 1. The average molecular weight is 547 g/mol. The largest absolute Gasteiger partial charge is 0.485 e. The first kappa shape index (κ1) is 25.9. The summed E-state index contributed by atoms with van der Waals surface area (Å²) in [6, 6.07) is 15.5. The minimum absolute atomic E-state index is 0.00417. The SMILES string of the molecule is N#Cc1ccccc1S(=O)(=O)NCC1CN(S(=O)(=O)c2ccc(F)cc2)c2cc(NC(=O)O)ccc2O1. The first-order valence-corrected chi connectivity index (χ1v) is 13.5. The van der Waals surface area contributed by atoms with Gasteiger partial charge in [-0.2, -0.15) is 5.26 Å². The Kier molecular flexibility index (Phi) is 7.03. The van der Waals surface area contributed by atoms with Crippen LogP contribution in [0.1, 0.15) is 5.56 Å². The Morgan fingerprint density at radius 2 is 1.81 bits per heavy atom. The van der Waals surface area contributed by atoms with Gasteiger partial charge in [0.1, 0.15) is 23.7 Å². The topological polar surface area (TPSA) is 166 Å². The number of ether oxygens (including phenoxy) is 1. The molecule has 1 unspecified atom stereocenters. The second-order valence-corrected chi connectivity index (χ2v) is 11.4. The van der Waals surface area contributed by atoms with Crippen LogP contribution in [0.25, 0.3) is 0 Å². The van der Waals surface area contributed by atoms with Crippen LogP contribution in [-0.4, -0.2) is 47.2 Å². The van der Waals surface area contributed by atoms with Crippen molar-refractivity contribution < 1.29 is 35.9 Å². The number of halogens is 1. The number of hydrogen-bond donors (Lipinski definition) is 3. The van der Waals surface area contributed by atoms with E-state index in [1.54, 1.807) is 0 Å². The molecule has 1 amide bonds. The fraction of sp³-hybridized carbons (Fsp3) is 0.130. The normalized spacial score (nSPS) is 15.2. The molecule has 11 nitrogen and oxygen atoms in total. The van der Waals surface area contributed by atoms with Crippen LogP contribution in [0.2, 0.25) is 0 Å². The molecular formula is C23H19FN4O7S2. The molecular weight excluding hydrogens is 527 g/mol. The molecule has 192 valence electrons. The minimum Gasteiger partial charge on any atom is -0.485 e. The van der Waals surface area contributed by atoms with E-state index in [4.69, 9.17) is 9.84 Å². The number of nitrogens with zero attached hydrogens (tertiary/aromatic N) is 2. The molecule has 1 aliphatic heterocycles. The molecule has 0 bridgehead atoms. The van der Waals surface area contributed by atoms with E-state index in [-0.39, 0.29) is 45.6 Å². The Morgan fingerprint density at radius 3 is 2.49 bits per heavy atom. The van der Waals surface area contributed by atoms with E-state index in [2.05, 4.69) is 10.0 Å². The van der Waals surface area contributed by atoms with Crippen molar-refractivity contribution in [1.29, 1.82) is 5.26 Å². The van der Waals surface area contributed by atoms with Gasteiger partial charge in [0, 0.05) is 12.2 Å². The molecule has 0 aromatic heterocycles. The molecule has 3 aromatic carbocycles. The zero-order valence-corrected chi connectivity index (χ0v) is 20.5. The maximum Gasteiger partial charge on any atom is 0.409 e. The lowest BCUT2D eigenvalue weighted by molar-refractivity contribution is 0.203. The smallest absolute Gasteiger partial charge is 0.409 e. The van der Waals surface area contributed by atoms with Gasteiger partial charge in [-0.25, -0.2) is 30.7 Å². The Bertz CT molecular complexity index is 1600. The Labute approximate surface area is 211 Å². The first-order chi connectivity index (χ1) is 17.5. The summed E-state index contributed by atoms with van der Waals surface area (Å²) in [6.45, 7) is -0.711. The third-order valence-electron chi connectivity index (χ3n) is 5.34. The number of carboxylic acid groups (broad SMARTS) is 1. The van der Waals surface area contributed by atoms with E-state index < -0.39 is 38.1 Å². The van der Waals surface area contributed by atoms with E-state index >= 15 is 0 Å². The quantitative estimate of drug-likeness (QED) is 0.407. The van der Waals surface area contributed by atoms with Crippen LogP contribution in [-0.2, 0) is 20.0 Å². The van der Waals surface area contributed by atoms with Crippen molar-refractivity contribution in [3.8, 4) is 11.8 Å². The van der Waals surface area contributed by atoms with Crippen LogP contribution < -0.4 is 19.1 Å². The van der Waals surface area contributed by atoms with Gasteiger partial charge in [-0.1, -0.05) is 12.1 Å². The maximum absolute atomic E-state index is 13.5. The van der Waals surface area contributed by atoms with E-state index in [0.717, 1.165) is 28.6 Å². The van der Waals surface area contributed by atoms with E-state index in [1.807, 2.05) is 6.07 Å². The fourth-order valence-corrected chi connectivity index (χ4v) is 6.38. The number of amides is 1. The second-order valence-electron chi connectivity index (χ2n) is 7.80. The standard InChI is InChI=1S/C23H19FN4O7S2/c24-16-5-8-19(9-6-16)37(33,34)28-14-18(35-21-10-7-17(11-20(21)28)27-23(29)30)13-26-36(31,32)22-4-2-1-3-15(22)12-25/h1-11,18,26-27H,13-14H2,(H,29,30). The van der Waals surface area contributed by atoms with Crippen molar-refractivity contribution >= 4 is 37.5 Å². The number of nitrogens with one attached hydrogen (secondary N) is 2. The van der Waals surface area contributed by atoms with Crippen molar-refractivity contribution in [3.63, 3.8) is 0 Å². The zero-order valence-electron chi connectivity index (χ0n) is 18.8. The van der Waals surface area contributed by atoms with Gasteiger partial charge in [0.25, 0.3) is 10.0 Å². The molecule has 0 fully saturated rings. The van der Waals surface area contributed by atoms with Gasteiger partial charge < -0.3 is 9.84 Å². The highest BCUT2D eigenvalue weighted by Crippen LogP contribution is 2.39. The van der Waals surface area contributed by atoms with Crippen LogP contribution in [0, 0.1) is 17.1 Å². The molecule has 3 aromatic rings. The lowest BCUT2D eigenvalue weighted by Crippen LogP contribution is -2.48. The third kappa shape index (κ3) is 5.48. The molecule has 1 atom stereocenters. The van der Waals surface area contributed by atoms with Crippen LogP contribution in [0.5, 0.6) is 5.75 Å². The van der Waals surface area contributed by atoms with Gasteiger partial charge in [-0.15, -0.1) is 0 Å². The van der Waals surface area contributed by atoms with Crippen molar-refractivity contribution in [2.75, 3.05) is 22.7 Å². The Hall–Kier alpha value is -4.19. The van der Waals surface area contributed by atoms with Crippen molar-refractivity contribution in [3.05, 3.63) is 78.1 Å². The molecule has 14 heteroatoms. The highest BCUT2D eigenvalue weighted by molar-refractivity contribution is 7.92. The Morgan fingerprint density at radius 1 is 1.11 bits per heavy atom. The second kappa shape index (κ2) is 10.1. The third-order valence-corrected chi connectivity index (χ3v) is 8.62. The summed E-state index contributed by atoms with van der Waals surface area (Å²) in [4.78, 5) is 10.6. The summed E-state index contributed by atoms with van der Waals surface area (Å²) < 4.78 is 75.2. The fourth-order valence-electron chi connectivity index (χ4n) is 3.65. The van der Waals surface area contributed by atoms with Gasteiger partial charge in [0.15, 0.2) is 0 Å². The highest BCUT2D eigenvalue weighted by atomic mass is 32.2. The van der Waals surface area contributed by atoms with Crippen LogP contribution in [0.15, 0.2) is 76.5 Å². The molecule has 0 aliphatic carbocycles. The summed E-state index contributed by atoms with van der Waals surface area (Å²) in [5.41, 5.74) is 0.00908. The van der Waals surface area contributed by atoms with Crippen LogP contribution in [0.3, 0.4) is 0 Å². The van der Waals surface area contributed by atoms with E-state index in [9.17, 15) is 31.3 Å². The number of hydrogen-bond acceptors (Lipinski definition) is 7. The van der Waals surface area contributed by atoms with Crippen molar-refractivity contribution in [2.24, 2.45) is 0 Å². The highest BCUT2D eigenvalue weighted by Gasteiger charge is 2.35. The molecule has 1 aliphatic rings.